The third-order valence-electron chi connectivity index (χ3n) is 2.18. The summed E-state index contributed by atoms with van der Waals surface area (Å²) < 4.78 is 39.0. The largest absolute Gasteiger partial charge is 0.673 e. The van der Waals surface area contributed by atoms with Crippen LogP contribution in [0.2, 0.25) is 0 Å². The van der Waals surface area contributed by atoms with Gasteiger partial charge in [-0.3, -0.25) is 0 Å². The fourth-order valence-electron chi connectivity index (χ4n) is 1.31. The van der Waals surface area contributed by atoms with E-state index < -0.39 is 7.25 Å². The van der Waals surface area contributed by atoms with Crippen molar-refractivity contribution in [1.82, 2.24) is 0 Å². The molecule has 0 fully saturated rings. The summed E-state index contributed by atoms with van der Waals surface area (Å²) in [5.41, 5.74) is 0. The molecule has 0 saturated carbocycles. The Bertz CT molecular complexity index is 380. The van der Waals surface area contributed by atoms with E-state index in [1.165, 1.54) is 49.9 Å². The molecule has 0 aromatic heterocycles. The summed E-state index contributed by atoms with van der Waals surface area (Å²) in [6, 6.07) is 5.70. The van der Waals surface area contributed by atoms with Crippen LogP contribution in [0.25, 0.3) is 0 Å². The fourth-order valence-corrected chi connectivity index (χ4v) is 1.31. The molecular weight excluding hydrogens is 390 g/mol. The summed E-state index contributed by atoms with van der Waals surface area (Å²) >= 11 is 0. The van der Waals surface area contributed by atoms with Gasteiger partial charge in [-0.15, -0.1) is 0 Å². The Morgan fingerprint density at radius 1 is 0.636 bits per heavy atom. The molecule has 0 amide bonds. The van der Waals surface area contributed by atoms with Gasteiger partial charge in [-0.2, -0.15) is 0 Å². The predicted molar refractivity (Wildman–Crippen MR) is 76.7 cm³/mol. The van der Waals surface area contributed by atoms with E-state index in [9.17, 15) is 17.3 Å². The predicted octanol–water partition coefficient (Wildman–Crippen LogP) is 5.07. The SMILES string of the molecule is C1=C\CC/C=C\CC/1.F[B-](F)(F)F.Oc1ccc(O)cc1.[Rh]. The van der Waals surface area contributed by atoms with Gasteiger partial charge in [0.25, 0.3) is 0 Å². The maximum atomic E-state index is 9.75. The maximum Gasteiger partial charge on any atom is 0.673 e. The van der Waals surface area contributed by atoms with E-state index in [0.717, 1.165) is 0 Å². The third-order valence-corrected chi connectivity index (χ3v) is 2.18. The van der Waals surface area contributed by atoms with Gasteiger partial charge in [0.2, 0.25) is 0 Å². The van der Waals surface area contributed by atoms with Crippen LogP contribution in [0.5, 0.6) is 11.5 Å². The molecule has 2 N–H and O–H groups in total. The number of hydrogen-bond donors (Lipinski definition) is 2. The van der Waals surface area contributed by atoms with Crippen LogP contribution < -0.4 is 0 Å². The Labute approximate surface area is 140 Å². The second-order valence-corrected chi connectivity index (χ2v) is 4.11. The van der Waals surface area contributed by atoms with Gasteiger partial charge < -0.3 is 27.5 Å². The van der Waals surface area contributed by atoms with Crippen LogP contribution >= 0.6 is 0 Å². The van der Waals surface area contributed by atoms with E-state index in [2.05, 4.69) is 24.3 Å². The molecule has 1 aliphatic carbocycles. The minimum Gasteiger partial charge on any atom is -0.508 e. The van der Waals surface area contributed by atoms with E-state index >= 15 is 0 Å². The van der Waals surface area contributed by atoms with Crippen molar-refractivity contribution in [3.05, 3.63) is 48.6 Å². The number of allylic oxidation sites excluding steroid dienone is 4. The van der Waals surface area contributed by atoms with Crippen LogP contribution in [0.1, 0.15) is 25.7 Å². The number of phenolic OH excluding ortho intramolecular Hbond substituents is 2. The maximum absolute atomic E-state index is 9.75. The van der Waals surface area contributed by atoms with Crippen LogP contribution in [0.15, 0.2) is 48.6 Å². The number of halogens is 4. The van der Waals surface area contributed by atoms with Crippen molar-refractivity contribution < 1.29 is 47.0 Å². The summed E-state index contributed by atoms with van der Waals surface area (Å²) in [6.45, 7) is 0. The van der Waals surface area contributed by atoms with Crippen LogP contribution in [-0.2, 0) is 19.5 Å². The molecule has 22 heavy (non-hydrogen) atoms. The van der Waals surface area contributed by atoms with Gasteiger partial charge in [0.05, 0.1) is 0 Å². The van der Waals surface area contributed by atoms with Crippen LogP contribution in [-0.4, -0.2) is 17.5 Å². The van der Waals surface area contributed by atoms with E-state index in [-0.39, 0.29) is 31.0 Å². The first-order chi connectivity index (χ1) is 9.79. The Hall–Kier alpha value is -1.29. The smallest absolute Gasteiger partial charge is 0.508 e. The molecule has 0 aliphatic heterocycles. The molecule has 1 aromatic carbocycles. The van der Waals surface area contributed by atoms with E-state index in [4.69, 9.17) is 10.2 Å². The summed E-state index contributed by atoms with van der Waals surface area (Å²) in [5, 5.41) is 17.3. The standard InChI is InChI=1S/C8H12.C6H6O2.BF4.Rh/c1-2-4-6-8-7-5-3-1;7-5-1-2-6(8)4-3-5;2-1(3,4)5;/h1-2,7-8H,3-6H2;1-4,7-8H;;/q;;-1;/b2-1-,8-7-;;;. The molecule has 127 valence electrons. The number of rotatable bonds is 0. The fraction of sp³-hybridized carbons (Fsp3) is 0.286. The van der Waals surface area contributed by atoms with Crippen molar-refractivity contribution in [2.24, 2.45) is 0 Å². The van der Waals surface area contributed by atoms with E-state index in [1.54, 1.807) is 0 Å². The summed E-state index contributed by atoms with van der Waals surface area (Å²) in [7, 11) is -6.00. The van der Waals surface area contributed by atoms with Crippen molar-refractivity contribution >= 4 is 7.25 Å². The minimum atomic E-state index is -6.00. The van der Waals surface area contributed by atoms with Gasteiger partial charge in [-0.1, -0.05) is 24.3 Å². The average molecular weight is 408 g/mol. The molecular formula is C14H18BF4O2Rh-. The van der Waals surface area contributed by atoms with Gasteiger partial charge >= 0.3 is 7.25 Å². The molecule has 0 spiro atoms. The van der Waals surface area contributed by atoms with Gasteiger partial charge in [0, 0.05) is 19.5 Å². The average Bonchev–Trinajstić information content (AvgIpc) is 2.31. The Morgan fingerprint density at radius 3 is 1.00 bits per heavy atom. The van der Waals surface area contributed by atoms with Crippen LogP contribution in [0, 0.1) is 0 Å². The van der Waals surface area contributed by atoms with Gasteiger partial charge in [-0.25, -0.2) is 0 Å². The monoisotopic (exact) mass is 408 g/mol. The zero-order valence-corrected chi connectivity index (χ0v) is 13.4. The van der Waals surface area contributed by atoms with Gasteiger partial charge in [0.15, 0.2) is 0 Å². The topological polar surface area (TPSA) is 40.5 Å². The first-order valence-electron chi connectivity index (χ1n) is 6.44. The molecule has 0 atom stereocenters. The first-order valence-corrected chi connectivity index (χ1v) is 6.44. The summed E-state index contributed by atoms with van der Waals surface area (Å²) in [5.74, 6) is 0.339. The molecule has 0 heterocycles. The summed E-state index contributed by atoms with van der Waals surface area (Å²) in [4.78, 5) is 0. The molecule has 0 unspecified atom stereocenters. The second kappa shape index (κ2) is 13.4. The zero-order chi connectivity index (χ0) is 16.1. The van der Waals surface area contributed by atoms with Crippen LogP contribution in [0.3, 0.4) is 0 Å². The molecule has 1 radical (unpaired) electrons. The minimum absolute atomic E-state index is 0. The van der Waals surface area contributed by atoms with Gasteiger partial charge in [-0.05, 0) is 49.9 Å². The summed E-state index contributed by atoms with van der Waals surface area (Å²) in [6.07, 6.45) is 14.0. The number of benzene rings is 1. The molecule has 0 bridgehead atoms. The molecule has 2 rings (SSSR count). The number of aromatic hydroxyl groups is 2. The molecule has 1 aromatic rings. The third kappa shape index (κ3) is 21.0. The Kier molecular flexibility index (Phi) is 14.0. The van der Waals surface area contributed by atoms with Crippen LogP contribution in [0.4, 0.5) is 17.3 Å². The molecule has 2 nitrogen and oxygen atoms in total. The first kappa shape index (κ1) is 23.0. The van der Waals surface area contributed by atoms with Crippen molar-refractivity contribution in [3.63, 3.8) is 0 Å². The van der Waals surface area contributed by atoms with E-state index in [1.807, 2.05) is 0 Å². The Balaban J connectivity index is 0. The normalized spacial score (nSPS) is 16.2. The second-order valence-electron chi connectivity index (χ2n) is 4.11. The quantitative estimate of drug-likeness (QED) is 0.273. The van der Waals surface area contributed by atoms with Crippen molar-refractivity contribution in [2.45, 2.75) is 25.7 Å². The molecule has 1 aliphatic rings. The van der Waals surface area contributed by atoms with Crippen molar-refractivity contribution in [2.75, 3.05) is 0 Å². The van der Waals surface area contributed by atoms with E-state index in [0.29, 0.717) is 0 Å². The molecule has 8 heteroatoms. The van der Waals surface area contributed by atoms with Crippen molar-refractivity contribution in [1.29, 1.82) is 0 Å². The zero-order valence-electron chi connectivity index (χ0n) is 11.8. The Morgan fingerprint density at radius 2 is 0.818 bits per heavy atom. The molecule has 0 saturated heterocycles. The number of hydrogen-bond acceptors (Lipinski definition) is 2. The van der Waals surface area contributed by atoms with Gasteiger partial charge in [0.1, 0.15) is 11.5 Å². The number of phenols is 2. The van der Waals surface area contributed by atoms with Crippen molar-refractivity contribution in [3.8, 4) is 11.5 Å².